The first-order valence-electron chi connectivity index (χ1n) is 5.35. The van der Waals surface area contributed by atoms with Crippen LogP contribution in [0.15, 0.2) is 28.8 Å². The van der Waals surface area contributed by atoms with Crippen molar-refractivity contribution in [3.8, 4) is 17.9 Å². The van der Waals surface area contributed by atoms with Crippen LogP contribution in [0.2, 0.25) is 0 Å². The maximum atomic E-state index is 11.2. The van der Waals surface area contributed by atoms with Crippen molar-refractivity contribution >= 4 is 21.5 Å². The fourth-order valence-electron chi connectivity index (χ4n) is 1.42. The Labute approximate surface area is 124 Å². The minimum absolute atomic E-state index is 0.0938. The summed E-state index contributed by atoms with van der Waals surface area (Å²) in [5.41, 5.74) is -1.30. The van der Waals surface area contributed by atoms with Gasteiger partial charge in [-0.25, -0.2) is 0 Å². The van der Waals surface area contributed by atoms with Gasteiger partial charge < -0.3 is 10.1 Å². The van der Waals surface area contributed by atoms with Crippen LogP contribution in [0.4, 0.5) is 11.4 Å². The number of nitro benzene ring substituents is 1. The van der Waals surface area contributed by atoms with Crippen LogP contribution in [0.3, 0.4) is 0 Å². The lowest BCUT2D eigenvalue weighted by Gasteiger charge is -2.10. The molecule has 0 aliphatic rings. The zero-order chi connectivity index (χ0) is 16.9. The fraction of sp³-hybridized carbons (Fsp3) is 0.0909. The van der Waals surface area contributed by atoms with E-state index in [4.69, 9.17) is 19.8 Å². The first-order chi connectivity index (χ1) is 10.2. The van der Waals surface area contributed by atoms with Gasteiger partial charge in [-0.2, -0.15) is 18.9 Å². The second-order valence-corrected chi connectivity index (χ2v) is 5.07. The van der Waals surface area contributed by atoms with Gasteiger partial charge in [0.15, 0.2) is 4.90 Å². The number of hydrogen-bond acceptors (Lipinski definition) is 8. The average Bonchev–Trinajstić information content (AvgIpc) is 2.46. The van der Waals surface area contributed by atoms with E-state index in [-0.39, 0.29) is 17.0 Å². The molecular weight excluding hydrogens is 316 g/mol. The van der Waals surface area contributed by atoms with Gasteiger partial charge in [-0.15, -0.1) is 0 Å². The maximum Gasteiger partial charge on any atom is 0.301 e. The smallest absolute Gasteiger partial charge is 0.301 e. The molecule has 0 aliphatic heterocycles. The molecule has 0 heterocycles. The Hall–Kier alpha value is -3.15. The predicted molar refractivity (Wildman–Crippen MR) is 72.4 cm³/mol. The first-order valence-corrected chi connectivity index (χ1v) is 6.79. The summed E-state index contributed by atoms with van der Waals surface area (Å²) in [4.78, 5) is 8.91. The van der Waals surface area contributed by atoms with E-state index < -0.39 is 25.6 Å². The van der Waals surface area contributed by atoms with Crippen LogP contribution in [0.1, 0.15) is 0 Å². The van der Waals surface area contributed by atoms with Crippen LogP contribution in [0, 0.1) is 32.8 Å². The number of methoxy groups -OCH3 is 1. The van der Waals surface area contributed by atoms with E-state index in [0.717, 1.165) is 18.3 Å². The lowest BCUT2D eigenvalue weighted by molar-refractivity contribution is -0.387. The normalized spacial score (nSPS) is 10.0. The van der Waals surface area contributed by atoms with Crippen LogP contribution in [-0.4, -0.2) is 25.0 Å². The Kier molecular flexibility index (Phi) is 5.02. The highest BCUT2D eigenvalue weighted by molar-refractivity contribution is 7.86. The van der Waals surface area contributed by atoms with Crippen molar-refractivity contribution in [1.29, 1.82) is 10.5 Å². The number of benzene rings is 1. The van der Waals surface area contributed by atoms with Gasteiger partial charge in [0, 0.05) is 6.20 Å². The molecule has 0 unspecified atom stereocenters. The van der Waals surface area contributed by atoms with E-state index in [0.29, 0.717) is 0 Å². The second kappa shape index (κ2) is 6.53. The number of nitro groups is 1. The number of hydrogen-bond donors (Lipinski definition) is 2. The standard InChI is InChI=1S/C11H8N4O6S/c1-21-10-3-9(15(16)17)11(22(18,19)20)2-8(10)14-6-7(4-12)5-13/h2-3,6,14H,1H3,(H,18,19,20). The van der Waals surface area contributed by atoms with Crippen LogP contribution in [0.5, 0.6) is 5.75 Å². The Morgan fingerprint density at radius 2 is 2.05 bits per heavy atom. The Balaban J connectivity index is 3.54. The third kappa shape index (κ3) is 3.69. The molecule has 0 bridgehead atoms. The first kappa shape index (κ1) is 16.9. The number of allylic oxidation sites excluding steroid dienone is 1. The predicted octanol–water partition coefficient (Wildman–Crippen LogP) is 1.19. The molecule has 0 radical (unpaired) electrons. The van der Waals surface area contributed by atoms with Gasteiger partial charge in [-0.05, 0) is 6.07 Å². The van der Waals surface area contributed by atoms with E-state index in [1.54, 1.807) is 12.1 Å². The highest BCUT2D eigenvalue weighted by Crippen LogP contribution is 2.35. The number of rotatable bonds is 5. The number of nitriles is 2. The van der Waals surface area contributed by atoms with Gasteiger partial charge in [-0.3, -0.25) is 14.7 Å². The van der Waals surface area contributed by atoms with E-state index in [2.05, 4.69) is 5.32 Å². The molecule has 0 saturated carbocycles. The van der Waals surface area contributed by atoms with Crippen molar-refractivity contribution in [2.24, 2.45) is 0 Å². The molecule has 0 aliphatic carbocycles. The van der Waals surface area contributed by atoms with Gasteiger partial charge >= 0.3 is 10.1 Å². The van der Waals surface area contributed by atoms with E-state index in [1.165, 1.54) is 7.11 Å². The van der Waals surface area contributed by atoms with Gasteiger partial charge in [0.25, 0.3) is 5.69 Å². The molecular formula is C11H8N4O6S. The molecule has 0 fully saturated rings. The quantitative estimate of drug-likeness (QED) is 0.350. The van der Waals surface area contributed by atoms with Crippen LogP contribution in [-0.2, 0) is 10.1 Å². The largest absolute Gasteiger partial charge is 0.494 e. The highest BCUT2D eigenvalue weighted by atomic mass is 32.2. The van der Waals surface area contributed by atoms with Crippen molar-refractivity contribution < 1.29 is 22.6 Å². The molecule has 0 spiro atoms. The maximum absolute atomic E-state index is 11.2. The molecule has 1 rings (SSSR count). The molecule has 10 nitrogen and oxygen atoms in total. The van der Waals surface area contributed by atoms with Crippen molar-refractivity contribution in [2.45, 2.75) is 4.90 Å². The summed E-state index contributed by atoms with van der Waals surface area (Å²) >= 11 is 0. The molecule has 11 heteroatoms. The lowest BCUT2D eigenvalue weighted by Crippen LogP contribution is -2.06. The van der Waals surface area contributed by atoms with E-state index >= 15 is 0 Å². The number of nitrogens with zero attached hydrogens (tertiary/aromatic N) is 3. The van der Waals surface area contributed by atoms with Crippen LogP contribution in [0.25, 0.3) is 0 Å². The molecule has 1 aromatic rings. The van der Waals surface area contributed by atoms with Gasteiger partial charge in [0.05, 0.1) is 23.8 Å². The molecule has 0 saturated heterocycles. The molecule has 2 N–H and O–H groups in total. The van der Waals surface area contributed by atoms with Crippen molar-refractivity contribution in [3.63, 3.8) is 0 Å². The topological polar surface area (TPSA) is 166 Å². The second-order valence-electron chi connectivity index (χ2n) is 3.68. The molecule has 22 heavy (non-hydrogen) atoms. The number of anilines is 1. The zero-order valence-electron chi connectivity index (χ0n) is 11.0. The third-order valence-electron chi connectivity index (χ3n) is 2.37. The van der Waals surface area contributed by atoms with Crippen LogP contribution >= 0.6 is 0 Å². The molecule has 1 aromatic carbocycles. The van der Waals surface area contributed by atoms with E-state index in [1.807, 2.05) is 0 Å². The summed E-state index contributed by atoms with van der Waals surface area (Å²) in [6.45, 7) is 0. The molecule has 0 atom stereocenters. The monoisotopic (exact) mass is 324 g/mol. The van der Waals surface area contributed by atoms with Crippen molar-refractivity contribution in [3.05, 3.63) is 34.0 Å². The van der Waals surface area contributed by atoms with Gasteiger partial charge in [-0.1, -0.05) is 0 Å². The summed E-state index contributed by atoms with van der Waals surface area (Å²) in [7, 11) is -3.69. The van der Waals surface area contributed by atoms with Gasteiger partial charge in [0.1, 0.15) is 23.5 Å². The summed E-state index contributed by atoms with van der Waals surface area (Å²) in [6.07, 6.45) is 0.956. The SMILES string of the molecule is COc1cc([N+](=O)[O-])c(S(=O)(=O)O)cc1NC=C(C#N)C#N. The van der Waals surface area contributed by atoms with E-state index in [9.17, 15) is 18.5 Å². The summed E-state index contributed by atoms with van der Waals surface area (Å²) in [5.74, 6) is -0.120. The van der Waals surface area contributed by atoms with Gasteiger partial charge in [0.2, 0.25) is 0 Å². The summed E-state index contributed by atoms with van der Waals surface area (Å²) < 4.78 is 36.4. The molecule has 0 aromatic heterocycles. The number of nitrogens with one attached hydrogen (secondary N) is 1. The van der Waals surface area contributed by atoms with Crippen molar-refractivity contribution in [1.82, 2.24) is 0 Å². The van der Waals surface area contributed by atoms with Crippen LogP contribution < -0.4 is 10.1 Å². The third-order valence-corrected chi connectivity index (χ3v) is 3.25. The lowest BCUT2D eigenvalue weighted by atomic mass is 10.2. The minimum atomic E-state index is -4.86. The fourth-order valence-corrected chi connectivity index (χ4v) is 2.08. The summed E-state index contributed by atoms with van der Waals surface area (Å²) in [5, 5.41) is 30.5. The molecule has 114 valence electrons. The number of ether oxygens (including phenoxy) is 1. The zero-order valence-corrected chi connectivity index (χ0v) is 11.8. The summed E-state index contributed by atoms with van der Waals surface area (Å²) in [6, 6.07) is 4.66. The Bertz CT molecular complexity index is 815. The minimum Gasteiger partial charge on any atom is -0.494 e. The Morgan fingerprint density at radius 3 is 2.45 bits per heavy atom. The highest BCUT2D eigenvalue weighted by Gasteiger charge is 2.27. The molecule has 0 amide bonds. The Morgan fingerprint density at radius 1 is 1.45 bits per heavy atom. The average molecular weight is 324 g/mol. The van der Waals surface area contributed by atoms with Crippen molar-refractivity contribution in [2.75, 3.05) is 12.4 Å².